The molecule has 11 rings (SSSR count). The van der Waals surface area contributed by atoms with Crippen LogP contribution in [-0.4, -0.2) is 161 Å². The predicted octanol–water partition coefficient (Wildman–Crippen LogP) is 2.88. The van der Waals surface area contributed by atoms with Crippen molar-refractivity contribution < 1.29 is 78.6 Å². The van der Waals surface area contributed by atoms with Crippen LogP contribution in [0, 0.1) is 35.0 Å². The number of guanidine groups is 1. The van der Waals surface area contributed by atoms with E-state index in [1.807, 2.05) is 32.3 Å². The summed E-state index contributed by atoms with van der Waals surface area (Å²) in [6.07, 6.45) is -0.292. The molecule has 13 unspecified atom stereocenters. The molecule has 4 fully saturated rings. The van der Waals surface area contributed by atoms with Crippen molar-refractivity contribution in [1.82, 2.24) is 10.6 Å². The van der Waals surface area contributed by atoms with Gasteiger partial charge in [-0.3, -0.25) is 24.2 Å². The van der Waals surface area contributed by atoms with Crippen LogP contribution >= 0.6 is 0 Å². The van der Waals surface area contributed by atoms with Gasteiger partial charge in [-0.2, -0.15) is 0 Å². The first kappa shape index (κ1) is 64.6. The lowest BCUT2D eigenvalue weighted by atomic mass is 9.44. The standard InChI is InChI=1S/C68H82N6O16/c1-34-62(82)68(84,85)63(87-20-18-74-65(70)71)64(88-34)90-61-47-10-6-9-42(69)13-14-43(78)23-37-8-5-7-36(21-37)11-15-46-52(89-35(2)77)25-41(32-75)53-54(46)60(81)55(47)56(59(53)80)58(79)48(61)24-39-12-16-45-51-26-50-40(28-66(51)17-19-86-44(29-66)31-73-4)22-38(30-72-3)27-67(50,83)57(45)49(39)33-76/h5,7-8,11-12,15-16,21,25,33-34,38,40,42-44,50-51,62-64,72-73,75,78-79,82-85H,10,13-14,17-20,22-24,26-32,69H2,1-4H3,(H4,70,71,74). The normalized spacial score (nSPS) is 29.8. The molecular weight excluding hydrogens is 1160 g/mol. The van der Waals surface area contributed by atoms with Gasteiger partial charge >= 0.3 is 5.97 Å². The molecule has 480 valence electrons. The van der Waals surface area contributed by atoms with Gasteiger partial charge in [0, 0.05) is 71.9 Å². The summed E-state index contributed by atoms with van der Waals surface area (Å²) in [5.41, 5.74) is 17.2. The fourth-order valence-corrected chi connectivity index (χ4v) is 16.2. The van der Waals surface area contributed by atoms with Crippen molar-refractivity contribution >= 4 is 41.9 Å². The Balaban J connectivity index is 1.18. The lowest BCUT2D eigenvalue weighted by Gasteiger charge is -2.63. The average Bonchev–Trinajstić information content (AvgIpc) is 0.699. The Hall–Kier alpha value is -6.95. The molecule has 2 heterocycles. The predicted molar refractivity (Wildman–Crippen MR) is 330 cm³/mol. The van der Waals surface area contributed by atoms with Crippen LogP contribution in [0.2, 0.25) is 0 Å². The molecule has 0 radical (unpaired) electrons. The number of ether oxygens (including phenoxy) is 5. The number of likely N-dealkylation sites (N-methyl/N-ethyl adjacent to an activating group) is 1. The van der Waals surface area contributed by atoms with Gasteiger partial charge in [0.2, 0.25) is 12.1 Å². The number of carbonyl (C=O) groups excluding carboxylic acids is 4. The molecular formula is C68H82N6O16. The number of aliphatic hydroxyl groups is 6. The number of aldehydes is 1. The van der Waals surface area contributed by atoms with E-state index in [0.29, 0.717) is 50.0 Å². The molecule has 22 heteroatoms. The number of aromatic hydroxyl groups is 1. The van der Waals surface area contributed by atoms with Gasteiger partial charge in [0.25, 0.3) is 0 Å². The molecule has 90 heavy (non-hydrogen) atoms. The van der Waals surface area contributed by atoms with E-state index in [-0.39, 0.29) is 123 Å². The number of phenolic OH excluding ortho intramolecular Hbond substituents is 1. The number of rotatable bonds is 15. The summed E-state index contributed by atoms with van der Waals surface area (Å²) in [6.45, 7) is 2.87. The minimum absolute atomic E-state index is 0.0268. The molecule has 5 aliphatic carbocycles. The second-order valence-electron chi connectivity index (χ2n) is 25.7. The lowest BCUT2D eigenvalue weighted by molar-refractivity contribution is -0.378. The van der Waals surface area contributed by atoms with Gasteiger partial charge in [-0.05, 0) is 160 Å². The van der Waals surface area contributed by atoms with Crippen LogP contribution in [0.25, 0.3) is 12.2 Å². The Morgan fingerprint density at radius 1 is 0.944 bits per heavy atom. The maximum atomic E-state index is 16.3. The third kappa shape index (κ3) is 11.9. The molecule has 22 nitrogen and oxygen atoms in total. The topological polar surface area (TPSA) is 371 Å². The van der Waals surface area contributed by atoms with Gasteiger partial charge in [0.05, 0.1) is 55.3 Å². The van der Waals surface area contributed by atoms with E-state index in [9.17, 15) is 45.3 Å². The Labute approximate surface area is 522 Å². The minimum atomic E-state index is -3.13. The number of hydrogen-bond donors (Lipinski definition) is 12. The van der Waals surface area contributed by atoms with Crippen LogP contribution in [0.3, 0.4) is 0 Å². The number of ketones is 2. The molecule has 2 saturated heterocycles. The zero-order valence-corrected chi connectivity index (χ0v) is 51.1. The number of hydrogen-bond acceptors (Lipinski definition) is 20. The number of aliphatic imine (C=N–C) groups is 1. The fraction of sp³-hybridized carbons (Fsp3) is 0.515. The number of esters is 1. The summed E-state index contributed by atoms with van der Waals surface area (Å²) in [7, 11) is 3.78. The number of phenols is 1. The fourth-order valence-electron chi connectivity index (χ4n) is 16.2. The largest absolute Gasteiger partial charge is 0.507 e. The summed E-state index contributed by atoms with van der Waals surface area (Å²) in [5.74, 6) is -1.51. The maximum Gasteiger partial charge on any atom is 0.308 e. The molecule has 2 aliphatic heterocycles. The van der Waals surface area contributed by atoms with E-state index in [4.69, 9.17) is 40.9 Å². The van der Waals surface area contributed by atoms with Crippen molar-refractivity contribution in [3.8, 4) is 29.1 Å². The first-order chi connectivity index (χ1) is 43.1. The molecule has 13 atom stereocenters. The molecule has 2 saturated carbocycles. The van der Waals surface area contributed by atoms with Crippen LogP contribution in [0.5, 0.6) is 17.2 Å². The van der Waals surface area contributed by atoms with Crippen molar-refractivity contribution in [2.75, 3.05) is 46.9 Å². The molecule has 6 bridgehead atoms. The first-order valence-corrected chi connectivity index (χ1v) is 31.1. The van der Waals surface area contributed by atoms with Crippen molar-refractivity contribution in [3.63, 3.8) is 0 Å². The van der Waals surface area contributed by atoms with Gasteiger partial charge in [-0.15, -0.1) is 0 Å². The number of nitrogens with zero attached hydrogens (tertiary/aromatic N) is 1. The number of aliphatic hydroxyl groups excluding tert-OH is 3. The highest BCUT2D eigenvalue weighted by molar-refractivity contribution is 6.32. The molecule has 0 amide bonds. The number of carbonyl (C=O) groups is 4. The third-order valence-corrected chi connectivity index (χ3v) is 19.9. The van der Waals surface area contributed by atoms with Crippen LogP contribution < -0.4 is 37.3 Å². The Morgan fingerprint density at radius 2 is 1.72 bits per heavy atom. The van der Waals surface area contributed by atoms with Gasteiger partial charge < -0.3 is 87.3 Å². The molecule has 4 aromatic carbocycles. The SMILES string of the molecule is CNCC1CC2CC3(CCOC(CNC)C3)C3CC2C(O)(C1)c1c3ccc(Cc2c(O)c3c4c(c2OC2OC(C)C(O)C(O)(O)C2OCCN=C(N)N)CC#CC(N)CCC(O)Cc2cccc(c2)C=Cc2c(OC(C)=O)cc(CO)c(c2C4=O)C3=O)c1C=O. The van der Waals surface area contributed by atoms with Crippen LogP contribution in [0.1, 0.15) is 163 Å². The van der Waals surface area contributed by atoms with E-state index in [2.05, 4.69) is 27.5 Å². The summed E-state index contributed by atoms with van der Waals surface area (Å²) in [4.78, 5) is 63.5. The summed E-state index contributed by atoms with van der Waals surface area (Å²) in [5, 5.41) is 91.2. The third-order valence-electron chi connectivity index (χ3n) is 19.9. The average molecular weight is 1240 g/mol. The Bertz CT molecular complexity index is 3610. The van der Waals surface area contributed by atoms with E-state index < -0.39 is 109 Å². The first-order valence-electron chi connectivity index (χ1n) is 31.1. The highest BCUT2D eigenvalue weighted by atomic mass is 16.7. The number of benzene rings is 4. The van der Waals surface area contributed by atoms with E-state index >= 15 is 9.59 Å². The number of nitrogens with one attached hydrogen (secondary N) is 2. The van der Waals surface area contributed by atoms with Crippen molar-refractivity contribution in [2.45, 2.75) is 151 Å². The van der Waals surface area contributed by atoms with E-state index in [0.717, 1.165) is 43.7 Å². The van der Waals surface area contributed by atoms with E-state index in [1.54, 1.807) is 24.3 Å². The molecule has 0 aromatic heterocycles. The Kier molecular flexibility index (Phi) is 18.6. The lowest BCUT2D eigenvalue weighted by Crippen LogP contribution is -2.67. The second kappa shape index (κ2) is 26.0. The van der Waals surface area contributed by atoms with Gasteiger partial charge in [-0.25, -0.2) is 0 Å². The molecule has 4 aromatic rings. The second-order valence-corrected chi connectivity index (χ2v) is 25.7. The highest BCUT2D eigenvalue weighted by Gasteiger charge is 2.63. The number of fused-ring (bicyclic) bond motifs is 7. The zero-order chi connectivity index (χ0) is 64.1. The molecule has 7 aliphatic rings. The molecule has 15 N–H and O–H groups in total. The van der Waals surface area contributed by atoms with Crippen molar-refractivity contribution in [1.29, 1.82) is 0 Å². The van der Waals surface area contributed by atoms with Crippen LogP contribution in [0.4, 0.5) is 0 Å². The van der Waals surface area contributed by atoms with Crippen molar-refractivity contribution in [3.05, 3.63) is 120 Å². The molecule has 1 spiro atoms. The van der Waals surface area contributed by atoms with Gasteiger partial charge in [-0.1, -0.05) is 54.3 Å². The minimum Gasteiger partial charge on any atom is -0.507 e. The zero-order valence-electron chi connectivity index (χ0n) is 51.1. The van der Waals surface area contributed by atoms with E-state index in [1.165, 1.54) is 19.1 Å². The van der Waals surface area contributed by atoms with Gasteiger partial charge in [0.1, 0.15) is 23.4 Å². The summed E-state index contributed by atoms with van der Waals surface area (Å²) in [6, 6.07) is 11.4. The Morgan fingerprint density at radius 3 is 2.46 bits per heavy atom. The summed E-state index contributed by atoms with van der Waals surface area (Å²) >= 11 is 0. The highest BCUT2D eigenvalue weighted by Crippen LogP contribution is 2.68. The smallest absolute Gasteiger partial charge is 0.308 e. The van der Waals surface area contributed by atoms with Crippen molar-refractivity contribution in [2.24, 2.45) is 45.4 Å². The summed E-state index contributed by atoms with van der Waals surface area (Å²) < 4.78 is 31.3. The van der Waals surface area contributed by atoms with Gasteiger partial charge in [0.15, 0.2) is 29.9 Å². The van der Waals surface area contributed by atoms with Crippen LogP contribution in [-0.2, 0) is 50.5 Å². The number of nitrogens with two attached hydrogens (primary N) is 3. The quantitative estimate of drug-likeness (QED) is 0.0105. The van der Waals surface area contributed by atoms with Crippen LogP contribution in [0.15, 0.2) is 47.5 Å². The maximum absolute atomic E-state index is 16.3. The monoisotopic (exact) mass is 1240 g/mol.